The van der Waals surface area contributed by atoms with E-state index in [0.717, 1.165) is 12.1 Å². The van der Waals surface area contributed by atoms with Crippen molar-refractivity contribution < 1.29 is 14.3 Å². The highest BCUT2D eigenvalue weighted by Gasteiger charge is 2.28. The van der Waals surface area contributed by atoms with E-state index in [1.54, 1.807) is 11.3 Å². The Hall–Kier alpha value is -0.940. The van der Waals surface area contributed by atoms with Gasteiger partial charge in [-0.15, -0.1) is 11.3 Å². The number of thiazole rings is 1. The summed E-state index contributed by atoms with van der Waals surface area (Å²) in [5.74, 6) is -0.244. The summed E-state index contributed by atoms with van der Waals surface area (Å²) in [7, 11) is 1.39. The summed E-state index contributed by atoms with van der Waals surface area (Å²) in [6.45, 7) is 6.60. The molecule has 17 heavy (non-hydrogen) atoms. The minimum absolute atomic E-state index is 0.244. The Labute approximate surface area is 106 Å². The minimum atomic E-state index is -0.586. The van der Waals surface area contributed by atoms with Gasteiger partial charge in [0.15, 0.2) is 0 Å². The van der Waals surface area contributed by atoms with Crippen molar-refractivity contribution >= 4 is 17.3 Å². The second-order valence-electron chi connectivity index (χ2n) is 4.54. The number of nitrogens with zero attached hydrogens (tertiary/aromatic N) is 1. The number of methoxy groups -OCH3 is 1. The second kappa shape index (κ2) is 6.12. The van der Waals surface area contributed by atoms with Crippen molar-refractivity contribution in [3.63, 3.8) is 0 Å². The molecular formula is C12H19NO3S. The van der Waals surface area contributed by atoms with Crippen molar-refractivity contribution in [2.45, 2.75) is 27.2 Å². The fourth-order valence-corrected chi connectivity index (χ4v) is 2.16. The summed E-state index contributed by atoms with van der Waals surface area (Å²) in [4.78, 5) is 16.8. The largest absolute Gasteiger partial charge is 0.469 e. The number of esters is 1. The third-order valence-electron chi connectivity index (χ3n) is 2.52. The minimum Gasteiger partial charge on any atom is -0.469 e. The average Bonchev–Trinajstić information content (AvgIpc) is 2.69. The van der Waals surface area contributed by atoms with Gasteiger partial charge in [0.1, 0.15) is 0 Å². The fourth-order valence-electron chi connectivity index (χ4n) is 1.39. The molecule has 0 bridgehead atoms. The normalized spacial score (nSPS) is 11.5. The van der Waals surface area contributed by atoms with Crippen LogP contribution in [0.15, 0.2) is 5.51 Å². The third-order valence-corrected chi connectivity index (χ3v) is 3.51. The molecule has 0 unspecified atom stereocenters. The van der Waals surface area contributed by atoms with E-state index in [0.29, 0.717) is 13.2 Å². The summed E-state index contributed by atoms with van der Waals surface area (Å²) in [5, 5.41) is 0. The van der Waals surface area contributed by atoms with Crippen molar-refractivity contribution in [2.75, 3.05) is 20.3 Å². The number of hydrogen-bond donors (Lipinski definition) is 0. The molecule has 0 amide bonds. The smallest absolute Gasteiger partial charge is 0.313 e. The fraction of sp³-hybridized carbons (Fsp3) is 0.667. The van der Waals surface area contributed by atoms with Crippen molar-refractivity contribution in [1.29, 1.82) is 0 Å². The van der Waals surface area contributed by atoms with Gasteiger partial charge >= 0.3 is 5.97 Å². The van der Waals surface area contributed by atoms with Crippen LogP contribution in [0.5, 0.6) is 0 Å². The molecule has 5 heteroatoms. The predicted molar refractivity (Wildman–Crippen MR) is 67.2 cm³/mol. The molecule has 1 aromatic heterocycles. The summed E-state index contributed by atoms with van der Waals surface area (Å²) in [6.07, 6.45) is 0.841. The SMILES string of the molecule is COC(=O)C(C)(C)COCCc1scnc1C. The quantitative estimate of drug-likeness (QED) is 0.579. The summed E-state index contributed by atoms with van der Waals surface area (Å²) < 4.78 is 10.2. The zero-order chi connectivity index (χ0) is 12.9. The zero-order valence-electron chi connectivity index (χ0n) is 10.8. The molecule has 0 saturated carbocycles. The molecule has 0 fully saturated rings. The lowest BCUT2D eigenvalue weighted by Gasteiger charge is -2.20. The summed E-state index contributed by atoms with van der Waals surface area (Å²) in [6, 6.07) is 0. The Morgan fingerprint density at radius 1 is 1.53 bits per heavy atom. The highest BCUT2D eigenvalue weighted by molar-refractivity contribution is 7.09. The Balaban J connectivity index is 2.29. The van der Waals surface area contributed by atoms with E-state index in [9.17, 15) is 4.79 Å². The molecule has 0 aromatic carbocycles. The van der Waals surface area contributed by atoms with E-state index in [-0.39, 0.29) is 5.97 Å². The van der Waals surface area contributed by atoms with Gasteiger partial charge in [-0.25, -0.2) is 4.98 Å². The number of aromatic nitrogens is 1. The molecule has 0 saturated heterocycles. The topological polar surface area (TPSA) is 48.4 Å². The van der Waals surface area contributed by atoms with E-state index >= 15 is 0 Å². The molecule has 0 aliphatic rings. The van der Waals surface area contributed by atoms with Crippen LogP contribution in [-0.4, -0.2) is 31.3 Å². The molecule has 96 valence electrons. The molecule has 1 aromatic rings. The van der Waals surface area contributed by atoms with Crippen LogP contribution in [0.3, 0.4) is 0 Å². The maximum absolute atomic E-state index is 11.4. The van der Waals surface area contributed by atoms with E-state index in [1.165, 1.54) is 12.0 Å². The molecule has 4 nitrogen and oxygen atoms in total. The molecule has 0 aliphatic heterocycles. The average molecular weight is 257 g/mol. The van der Waals surface area contributed by atoms with E-state index in [4.69, 9.17) is 9.47 Å². The van der Waals surface area contributed by atoms with Crippen LogP contribution < -0.4 is 0 Å². The van der Waals surface area contributed by atoms with Gasteiger partial charge in [-0.2, -0.15) is 0 Å². The van der Waals surface area contributed by atoms with Crippen LogP contribution in [0.2, 0.25) is 0 Å². The van der Waals surface area contributed by atoms with Crippen LogP contribution in [0.1, 0.15) is 24.4 Å². The first kappa shape index (κ1) is 14.1. The molecule has 0 aliphatic carbocycles. The lowest BCUT2D eigenvalue weighted by molar-refractivity contribution is -0.154. The van der Waals surface area contributed by atoms with Gasteiger partial charge in [-0.3, -0.25) is 4.79 Å². The van der Waals surface area contributed by atoms with Crippen LogP contribution in [0.4, 0.5) is 0 Å². The van der Waals surface area contributed by atoms with Crippen molar-refractivity contribution in [1.82, 2.24) is 4.98 Å². The first-order valence-electron chi connectivity index (χ1n) is 5.52. The van der Waals surface area contributed by atoms with Gasteiger partial charge in [0.2, 0.25) is 0 Å². The first-order valence-corrected chi connectivity index (χ1v) is 6.40. The Kier molecular flexibility index (Phi) is 5.08. The van der Waals surface area contributed by atoms with E-state index in [1.807, 2.05) is 26.3 Å². The maximum Gasteiger partial charge on any atom is 0.313 e. The second-order valence-corrected chi connectivity index (χ2v) is 5.48. The molecule has 1 heterocycles. The van der Waals surface area contributed by atoms with Gasteiger partial charge in [0, 0.05) is 11.3 Å². The Morgan fingerprint density at radius 3 is 2.76 bits per heavy atom. The van der Waals surface area contributed by atoms with Gasteiger partial charge in [0.25, 0.3) is 0 Å². The number of hydrogen-bond acceptors (Lipinski definition) is 5. The van der Waals surface area contributed by atoms with Crippen molar-refractivity contribution in [2.24, 2.45) is 5.41 Å². The van der Waals surface area contributed by atoms with Gasteiger partial charge in [-0.05, 0) is 20.8 Å². The standard InChI is InChI=1S/C12H19NO3S/c1-9-10(17-8-13-9)5-6-16-7-12(2,3)11(14)15-4/h8H,5-7H2,1-4H3. The number of ether oxygens (including phenoxy) is 2. The lowest BCUT2D eigenvalue weighted by atomic mass is 9.95. The first-order chi connectivity index (χ1) is 7.97. The van der Waals surface area contributed by atoms with Crippen LogP contribution in [0.25, 0.3) is 0 Å². The van der Waals surface area contributed by atoms with Crippen LogP contribution in [-0.2, 0) is 20.7 Å². The molecule has 0 radical (unpaired) electrons. The highest BCUT2D eigenvalue weighted by atomic mass is 32.1. The molecular weight excluding hydrogens is 238 g/mol. The van der Waals surface area contributed by atoms with Gasteiger partial charge in [0.05, 0.1) is 36.9 Å². The molecule has 1 rings (SSSR count). The van der Waals surface area contributed by atoms with Crippen molar-refractivity contribution in [3.8, 4) is 0 Å². The molecule has 0 N–H and O–H groups in total. The number of rotatable bonds is 6. The molecule has 0 spiro atoms. The number of aryl methyl sites for hydroxylation is 1. The third kappa shape index (κ3) is 4.09. The van der Waals surface area contributed by atoms with Crippen LogP contribution in [0, 0.1) is 12.3 Å². The van der Waals surface area contributed by atoms with Gasteiger partial charge < -0.3 is 9.47 Å². The Bertz CT molecular complexity index is 374. The predicted octanol–water partition coefficient (Wildman–Crippen LogP) is 2.21. The van der Waals surface area contributed by atoms with Crippen LogP contribution >= 0.6 is 11.3 Å². The van der Waals surface area contributed by atoms with E-state index in [2.05, 4.69) is 4.98 Å². The summed E-state index contributed by atoms with van der Waals surface area (Å²) >= 11 is 1.64. The number of carbonyl (C=O) groups excluding carboxylic acids is 1. The monoisotopic (exact) mass is 257 g/mol. The summed E-state index contributed by atoms with van der Waals surface area (Å²) in [5.41, 5.74) is 2.31. The number of carbonyl (C=O) groups is 1. The van der Waals surface area contributed by atoms with Gasteiger partial charge in [-0.1, -0.05) is 0 Å². The zero-order valence-corrected chi connectivity index (χ0v) is 11.6. The van der Waals surface area contributed by atoms with E-state index < -0.39 is 5.41 Å². The Morgan fingerprint density at radius 2 is 2.24 bits per heavy atom. The molecule has 0 atom stereocenters. The maximum atomic E-state index is 11.4. The highest BCUT2D eigenvalue weighted by Crippen LogP contribution is 2.18. The lowest BCUT2D eigenvalue weighted by Crippen LogP contribution is -2.31. The van der Waals surface area contributed by atoms with Crippen molar-refractivity contribution in [3.05, 3.63) is 16.1 Å².